The molecule has 144 valence electrons. The van der Waals surface area contributed by atoms with Gasteiger partial charge in [-0.3, -0.25) is 9.80 Å². The van der Waals surface area contributed by atoms with Crippen molar-refractivity contribution in [3.05, 3.63) is 59.7 Å². The number of rotatable bonds is 5. The predicted molar refractivity (Wildman–Crippen MR) is 115 cm³/mol. The summed E-state index contributed by atoms with van der Waals surface area (Å²) >= 11 is 0. The van der Waals surface area contributed by atoms with Gasteiger partial charge in [0.1, 0.15) is 0 Å². The van der Waals surface area contributed by atoms with Crippen LogP contribution in [0.25, 0.3) is 11.1 Å². The first-order valence-electron chi connectivity index (χ1n) is 10.8. The van der Waals surface area contributed by atoms with Gasteiger partial charge in [-0.05, 0) is 68.6 Å². The maximum absolute atomic E-state index is 2.56. The minimum atomic E-state index is 0.608. The number of hydrogen-bond acceptors (Lipinski definition) is 2. The third-order valence-corrected chi connectivity index (χ3v) is 6.73. The van der Waals surface area contributed by atoms with Crippen LogP contribution in [0.1, 0.15) is 62.1 Å². The largest absolute Gasteiger partial charge is 0.299 e. The van der Waals surface area contributed by atoms with Gasteiger partial charge in [0, 0.05) is 18.6 Å². The van der Waals surface area contributed by atoms with Crippen molar-refractivity contribution < 1.29 is 0 Å². The Bertz CT molecular complexity index is 713. The molecule has 27 heavy (non-hydrogen) atoms. The van der Waals surface area contributed by atoms with E-state index in [4.69, 9.17) is 0 Å². The molecule has 2 aromatic rings. The molecule has 2 heteroatoms. The second-order valence-electron chi connectivity index (χ2n) is 8.66. The molecule has 0 radical (unpaired) electrons. The molecular formula is C25H34N2. The van der Waals surface area contributed by atoms with Crippen LogP contribution < -0.4 is 0 Å². The number of benzene rings is 2. The van der Waals surface area contributed by atoms with Crippen LogP contribution in [0.5, 0.6) is 0 Å². The lowest BCUT2D eigenvalue weighted by atomic mass is 9.94. The summed E-state index contributed by atoms with van der Waals surface area (Å²) in [6, 6.07) is 19.8. The van der Waals surface area contributed by atoms with E-state index in [0.29, 0.717) is 6.04 Å². The Morgan fingerprint density at radius 2 is 1.44 bits per heavy atom. The Morgan fingerprint density at radius 3 is 2.04 bits per heavy atom. The van der Waals surface area contributed by atoms with Crippen molar-refractivity contribution in [1.82, 2.24) is 9.80 Å². The fourth-order valence-electron chi connectivity index (χ4n) is 4.97. The zero-order valence-corrected chi connectivity index (χ0v) is 17.0. The summed E-state index contributed by atoms with van der Waals surface area (Å²) < 4.78 is 0. The highest BCUT2D eigenvalue weighted by Crippen LogP contribution is 2.32. The second kappa shape index (κ2) is 8.58. The van der Waals surface area contributed by atoms with Crippen molar-refractivity contribution in [1.29, 1.82) is 0 Å². The number of hydrogen-bond donors (Lipinski definition) is 0. The quantitative estimate of drug-likeness (QED) is 0.655. The van der Waals surface area contributed by atoms with Gasteiger partial charge in [-0.1, -0.05) is 67.8 Å². The van der Waals surface area contributed by atoms with Crippen LogP contribution in [0, 0.1) is 0 Å². The second-order valence-corrected chi connectivity index (χ2v) is 8.66. The molecule has 1 saturated heterocycles. The van der Waals surface area contributed by atoms with Gasteiger partial charge in [0.05, 0.1) is 0 Å². The van der Waals surface area contributed by atoms with E-state index in [2.05, 4.69) is 72.4 Å². The summed E-state index contributed by atoms with van der Waals surface area (Å²) in [7, 11) is 4.54. The molecule has 1 heterocycles. The Morgan fingerprint density at radius 1 is 0.815 bits per heavy atom. The predicted octanol–water partition coefficient (Wildman–Crippen LogP) is 5.88. The maximum atomic E-state index is 2.56. The standard InChI is InChI=1S/C25H34N2/c1-26-18-6-9-25(26)23-16-14-22(15-17-23)21-12-10-20(11-13-21)19-27(2)24-7-4-3-5-8-24/h10-17,24-25H,3-9,18-19H2,1-2H3. The van der Waals surface area contributed by atoms with Gasteiger partial charge in [0.2, 0.25) is 0 Å². The van der Waals surface area contributed by atoms with E-state index in [1.807, 2.05) is 0 Å². The maximum Gasteiger partial charge on any atom is 0.0345 e. The fraction of sp³-hybridized carbons (Fsp3) is 0.520. The molecule has 1 aliphatic carbocycles. The summed E-state index contributed by atoms with van der Waals surface area (Å²) in [5.41, 5.74) is 5.54. The van der Waals surface area contributed by atoms with Crippen LogP contribution >= 0.6 is 0 Å². The molecule has 0 spiro atoms. The minimum absolute atomic E-state index is 0.608. The van der Waals surface area contributed by atoms with E-state index in [1.54, 1.807) is 0 Å². The minimum Gasteiger partial charge on any atom is -0.299 e. The van der Waals surface area contributed by atoms with Gasteiger partial charge in [-0.25, -0.2) is 0 Å². The third kappa shape index (κ3) is 4.44. The van der Waals surface area contributed by atoms with Gasteiger partial charge in [-0.2, -0.15) is 0 Å². The van der Waals surface area contributed by atoms with E-state index < -0.39 is 0 Å². The lowest BCUT2D eigenvalue weighted by Gasteiger charge is -2.31. The van der Waals surface area contributed by atoms with Crippen LogP contribution in [0.15, 0.2) is 48.5 Å². The normalized spacial score (nSPS) is 21.8. The monoisotopic (exact) mass is 362 g/mol. The van der Waals surface area contributed by atoms with Crippen LogP contribution in [-0.2, 0) is 6.54 Å². The van der Waals surface area contributed by atoms with Gasteiger partial charge >= 0.3 is 0 Å². The molecule has 4 rings (SSSR count). The van der Waals surface area contributed by atoms with Crippen molar-refractivity contribution in [3.8, 4) is 11.1 Å². The molecule has 1 atom stereocenters. The molecule has 2 nitrogen and oxygen atoms in total. The smallest absolute Gasteiger partial charge is 0.0345 e. The van der Waals surface area contributed by atoms with Crippen molar-refractivity contribution in [2.75, 3.05) is 20.6 Å². The highest BCUT2D eigenvalue weighted by Gasteiger charge is 2.22. The van der Waals surface area contributed by atoms with Crippen LogP contribution in [-0.4, -0.2) is 36.5 Å². The van der Waals surface area contributed by atoms with Gasteiger partial charge in [0.25, 0.3) is 0 Å². The van der Waals surface area contributed by atoms with Crippen LogP contribution in [0.3, 0.4) is 0 Å². The van der Waals surface area contributed by atoms with Crippen molar-refractivity contribution >= 4 is 0 Å². The van der Waals surface area contributed by atoms with Crippen LogP contribution in [0.2, 0.25) is 0 Å². The number of likely N-dealkylation sites (tertiary alicyclic amines) is 1. The fourth-order valence-corrected chi connectivity index (χ4v) is 4.97. The molecule has 0 amide bonds. The Balaban J connectivity index is 1.39. The Labute approximate surface area is 165 Å². The van der Waals surface area contributed by atoms with Gasteiger partial charge in [0.15, 0.2) is 0 Å². The summed E-state index contributed by atoms with van der Waals surface area (Å²) in [4.78, 5) is 5.04. The average molecular weight is 363 g/mol. The van der Waals surface area contributed by atoms with E-state index in [1.165, 1.54) is 73.7 Å². The Hall–Kier alpha value is -1.64. The summed E-state index contributed by atoms with van der Waals surface area (Å²) in [6.07, 6.45) is 9.59. The van der Waals surface area contributed by atoms with E-state index in [9.17, 15) is 0 Å². The molecule has 2 fully saturated rings. The molecule has 0 N–H and O–H groups in total. The zero-order chi connectivity index (χ0) is 18.6. The van der Waals surface area contributed by atoms with E-state index in [0.717, 1.165) is 12.6 Å². The SMILES string of the molecule is CN(Cc1ccc(-c2ccc(C3CCCN3C)cc2)cc1)C1CCCCC1. The number of nitrogens with zero attached hydrogens (tertiary/aromatic N) is 2. The molecule has 1 saturated carbocycles. The lowest BCUT2D eigenvalue weighted by Crippen LogP contribution is -2.32. The van der Waals surface area contributed by atoms with Crippen molar-refractivity contribution in [3.63, 3.8) is 0 Å². The van der Waals surface area contributed by atoms with Gasteiger partial charge in [-0.15, -0.1) is 0 Å². The molecule has 1 unspecified atom stereocenters. The molecule has 1 aliphatic heterocycles. The third-order valence-electron chi connectivity index (χ3n) is 6.73. The topological polar surface area (TPSA) is 6.48 Å². The molecule has 0 bridgehead atoms. The van der Waals surface area contributed by atoms with Gasteiger partial charge < -0.3 is 0 Å². The Kier molecular flexibility index (Phi) is 5.95. The van der Waals surface area contributed by atoms with E-state index in [-0.39, 0.29) is 0 Å². The highest BCUT2D eigenvalue weighted by molar-refractivity contribution is 5.64. The van der Waals surface area contributed by atoms with E-state index >= 15 is 0 Å². The molecule has 0 aromatic heterocycles. The lowest BCUT2D eigenvalue weighted by molar-refractivity contribution is 0.184. The highest BCUT2D eigenvalue weighted by atomic mass is 15.1. The summed E-state index contributed by atoms with van der Waals surface area (Å²) in [6.45, 7) is 2.29. The van der Waals surface area contributed by atoms with Crippen molar-refractivity contribution in [2.24, 2.45) is 0 Å². The molecule has 2 aromatic carbocycles. The van der Waals surface area contributed by atoms with Crippen LogP contribution in [0.4, 0.5) is 0 Å². The van der Waals surface area contributed by atoms with Crippen molar-refractivity contribution in [2.45, 2.75) is 63.6 Å². The first-order chi connectivity index (χ1) is 13.2. The first kappa shape index (κ1) is 18.7. The summed E-state index contributed by atoms with van der Waals surface area (Å²) in [5, 5.41) is 0. The molecule has 2 aliphatic rings. The average Bonchev–Trinajstić information content (AvgIpc) is 3.15. The molecular weight excluding hydrogens is 328 g/mol. The summed E-state index contributed by atoms with van der Waals surface area (Å²) in [5.74, 6) is 0. The zero-order valence-electron chi connectivity index (χ0n) is 17.0. The first-order valence-corrected chi connectivity index (χ1v) is 10.8.